The molecule has 2 fully saturated rings. The van der Waals surface area contributed by atoms with E-state index in [1.807, 2.05) is 60.4 Å². The van der Waals surface area contributed by atoms with E-state index in [1.165, 1.54) is 0 Å². The fourth-order valence-corrected chi connectivity index (χ4v) is 5.32. The lowest BCUT2D eigenvalue weighted by Crippen LogP contribution is -2.45. The molecule has 2 N–H and O–H groups in total. The molecular formula is C32H39N5O6. The van der Waals surface area contributed by atoms with Gasteiger partial charge in [-0.1, -0.05) is 30.3 Å². The Hall–Kier alpha value is -4.38. The molecule has 2 aliphatic rings. The number of alkyl carbamates (subject to hydrolysis) is 1. The molecule has 11 heteroatoms. The molecule has 0 spiro atoms. The standard InChI is InChI=1S/C32H39N5O6/c1-23-19-25-20-26(12-13-28(25)43-23)33-31(35-32(40)42-18-17-41-22-24-9-3-2-4-10-24)34-27-11-5-6-16-37(30(27)39)21-29(38)36-14-7-8-15-36/h2-4,9-10,12-13,19-20,27H,5-8,11,14-18,21-22H2,1H3,(H2,33,34,35,40). The highest BCUT2D eigenvalue weighted by molar-refractivity contribution is 6.04. The minimum absolute atomic E-state index is 0.0336. The number of aryl methyl sites for hydroxylation is 1. The lowest BCUT2D eigenvalue weighted by molar-refractivity contribution is -0.140. The quantitative estimate of drug-likeness (QED) is 0.215. The van der Waals surface area contributed by atoms with E-state index in [0.717, 1.165) is 61.1 Å². The van der Waals surface area contributed by atoms with Crippen molar-refractivity contribution in [3.63, 3.8) is 0 Å². The smallest absolute Gasteiger partial charge is 0.414 e. The van der Waals surface area contributed by atoms with Gasteiger partial charge in [-0.15, -0.1) is 0 Å². The Bertz CT molecular complexity index is 1430. The van der Waals surface area contributed by atoms with Crippen molar-refractivity contribution in [2.24, 2.45) is 4.99 Å². The number of aliphatic imine (C=N–C) groups is 1. The van der Waals surface area contributed by atoms with Gasteiger partial charge in [-0.2, -0.15) is 0 Å². The van der Waals surface area contributed by atoms with Crippen LogP contribution in [0.25, 0.3) is 11.0 Å². The molecule has 1 unspecified atom stereocenters. The highest BCUT2D eigenvalue weighted by Gasteiger charge is 2.30. The minimum Gasteiger partial charge on any atom is -0.461 e. The van der Waals surface area contributed by atoms with Crippen LogP contribution in [0.15, 0.2) is 64.0 Å². The summed E-state index contributed by atoms with van der Waals surface area (Å²) in [5, 5.41) is 6.70. The second kappa shape index (κ2) is 14.7. The zero-order chi connectivity index (χ0) is 30.0. The van der Waals surface area contributed by atoms with E-state index in [2.05, 4.69) is 15.6 Å². The third-order valence-electron chi connectivity index (χ3n) is 7.52. The number of benzene rings is 2. The summed E-state index contributed by atoms with van der Waals surface area (Å²) < 4.78 is 16.6. The van der Waals surface area contributed by atoms with Crippen LogP contribution in [0.4, 0.5) is 10.5 Å². The number of likely N-dealkylation sites (tertiary alicyclic amines) is 2. The maximum absolute atomic E-state index is 13.6. The summed E-state index contributed by atoms with van der Waals surface area (Å²) in [6.45, 7) is 4.57. The zero-order valence-corrected chi connectivity index (χ0v) is 24.5. The van der Waals surface area contributed by atoms with Gasteiger partial charge in [0.1, 0.15) is 24.0 Å². The molecule has 3 amide bonds. The third-order valence-corrected chi connectivity index (χ3v) is 7.52. The van der Waals surface area contributed by atoms with Gasteiger partial charge in [0.25, 0.3) is 0 Å². The van der Waals surface area contributed by atoms with Crippen LogP contribution in [0.2, 0.25) is 0 Å². The number of carbonyl (C=O) groups is 3. The SMILES string of the molecule is Cc1cc2cc(NC(=NC3CCCCN(CC(=O)N4CCCC4)C3=O)NC(=O)OCCOCc3ccccc3)ccc2o1. The molecule has 3 aromatic rings. The first-order chi connectivity index (χ1) is 20.9. The van der Waals surface area contributed by atoms with Crippen molar-refractivity contribution in [2.75, 3.05) is 44.7 Å². The van der Waals surface area contributed by atoms with Gasteiger partial charge >= 0.3 is 6.09 Å². The van der Waals surface area contributed by atoms with Gasteiger partial charge in [0, 0.05) is 30.7 Å². The summed E-state index contributed by atoms with van der Waals surface area (Å²) in [5.74, 6) is 0.606. The van der Waals surface area contributed by atoms with Gasteiger partial charge in [-0.05, 0) is 68.9 Å². The number of nitrogens with zero attached hydrogens (tertiary/aromatic N) is 3. The molecule has 0 bridgehead atoms. The number of nitrogens with one attached hydrogen (secondary N) is 2. The summed E-state index contributed by atoms with van der Waals surface area (Å²) >= 11 is 0. The molecule has 1 atom stereocenters. The summed E-state index contributed by atoms with van der Waals surface area (Å²) in [6, 6.07) is 16.4. The second-order valence-corrected chi connectivity index (χ2v) is 10.9. The number of guanidine groups is 1. The van der Waals surface area contributed by atoms with Gasteiger partial charge in [-0.25, -0.2) is 9.79 Å². The number of rotatable bonds is 9. The number of hydrogen-bond donors (Lipinski definition) is 2. The number of ether oxygens (including phenoxy) is 2. The maximum Gasteiger partial charge on any atom is 0.414 e. The molecule has 11 nitrogen and oxygen atoms in total. The molecule has 0 radical (unpaired) electrons. The molecule has 5 rings (SSSR count). The number of hydrogen-bond acceptors (Lipinski definition) is 7. The van der Waals surface area contributed by atoms with Crippen molar-refractivity contribution in [1.82, 2.24) is 15.1 Å². The van der Waals surface area contributed by atoms with E-state index in [9.17, 15) is 14.4 Å². The van der Waals surface area contributed by atoms with E-state index in [0.29, 0.717) is 25.3 Å². The molecule has 2 aromatic carbocycles. The fourth-order valence-electron chi connectivity index (χ4n) is 5.32. The zero-order valence-electron chi connectivity index (χ0n) is 24.5. The Morgan fingerprint density at radius 1 is 1.00 bits per heavy atom. The third kappa shape index (κ3) is 8.57. The van der Waals surface area contributed by atoms with Crippen LogP contribution in [-0.4, -0.2) is 79.1 Å². The minimum atomic E-state index is -0.759. The molecule has 1 aromatic heterocycles. The van der Waals surface area contributed by atoms with Crippen LogP contribution in [-0.2, 0) is 25.7 Å². The van der Waals surface area contributed by atoms with E-state index in [-0.39, 0.29) is 37.5 Å². The summed E-state index contributed by atoms with van der Waals surface area (Å²) in [5.41, 5.74) is 2.42. The number of amides is 3. The monoisotopic (exact) mass is 589 g/mol. The van der Waals surface area contributed by atoms with E-state index >= 15 is 0 Å². The molecule has 43 heavy (non-hydrogen) atoms. The molecular weight excluding hydrogens is 550 g/mol. The van der Waals surface area contributed by atoms with Crippen molar-refractivity contribution >= 4 is 40.5 Å². The Labute approximate surface area is 251 Å². The molecule has 0 aliphatic carbocycles. The number of furan rings is 1. The normalized spacial score (nSPS) is 17.7. The van der Waals surface area contributed by atoms with Crippen molar-refractivity contribution < 1.29 is 28.3 Å². The first-order valence-electron chi connectivity index (χ1n) is 14.9. The Balaban J connectivity index is 1.25. The van der Waals surface area contributed by atoms with Crippen LogP contribution in [0, 0.1) is 6.92 Å². The van der Waals surface area contributed by atoms with Gasteiger partial charge < -0.3 is 29.0 Å². The summed E-state index contributed by atoms with van der Waals surface area (Å²) in [7, 11) is 0. The van der Waals surface area contributed by atoms with Crippen LogP contribution in [0.3, 0.4) is 0 Å². The highest BCUT2D eigenvalue weighted by Crippen LogP contribution is 2.23. The first kappa shape index (κ1) is 30.1. The van der Waals surface area contributed by atoms with E-state index < -0.39 is 12.1 Å². The Morgan fingerprint density at radius 3 is 2.60 bits per heavy atom. The number of anilines is 1. The predicted octanol–water partition coefficient (Wildman–Crippen LogP) is 4.46. The van der Waals surface area contributed by atoms with Gasteiger partial charge in [0.05, 0.1) is 19.8 Å². The van der Waals surface area contributed by atoms with E-state index in [1.54, 1.807) is 11.0 Å². The maximum atomic E-state index is 13.6. The van der Waals surface area contributed by atoms with Crippen molar-refractivity contribution in [1.29, 1.82) is 0 Å². The highest BCUT2D eigenvalue weighted by atomic mass is 16.6. The Morgan fingerprint density at radius 2 is 1.79 bits per heavy atom. The van der Waals surface area contributed by atoms with Crippen molar-refractivity contribution in [3.05, 3.63) is 65.9 Å². The molecule has 0 saturated carbocycles. The summed E-state index contributed by atoms with van der Waals surface area (Å²) in [4.78, 5) is 47.2. The fraction of sp³-hybridized carbons (Fsp3) is 0.438. The Kier molecular flexibility index (Phi) is 10.3. The largest absolute Gasteiger partial charge is 0.461 e. The summed E-state index contributed by atoms with van der Waals surface area (Å²) in [6.07, 6.45) is 3.31. The number of carbonyl (C=O) groups excluding carboxylic acids is 3. The second-order valence-electron chi connectivity index (χ2n) is 10.9. The van der Waals surface area contributed by atoms with Gasteiger partial charge in [0.15, 0.2) is 0 Å². The average molecular weight is 590 g/mol. The molecule has 228 valence electrons. The van der Waals surface area contributed by atoms with Crippen LogP contribution in [0.5, 0.6) is 0 Å². The van der Waals surface area contributed by atoms with Crippen LogP contribution < -0.4 is 10.6 Å². The van der Waals surface area contributed by atoms with Crippen molar-refractivity contribution in [3.8, 4) is 0 Å². The average Bonchev–Trinajstić information content (AvgIpc) is 3.63. The van der Waals surface area contributed by atoms with Gasteiger partial charge in [-0.3, -0.25) is 14.9 Å². The van der Waals surface area contributed by atoms with Crippen LogP contribution >= 0.6 is 0 Å². The van der Waals surface area contributed by atoms with Crippen molar-refractivity contribution in [2.45, 2.75) is 51.7 Å². The molecule has 2 saturated heterocycles. The lowest BCUT2D eigenvalue weighted by Gasteiger charge is -2.25. The lowest BCUT2D eigenvalue weighted by atomic mass is 10.1. The predicted molar refractivity (Wildman–Crippen MR) is 163 cm³/mol. The molecule has 3 heterocycles. The van der Waals surface area contributed by atoms with E-state index in [4.69, 9.17) is 13.9 Å². The first-order valence-corrected chi connectivity index (χ1v) is 14.9. The topological polar surface area (TPSA) is 126 Å². The van der Waals surface area contributed by atoms with Crippen LogP contribution in [0.1, 0.15) is 43.4 Å². The van der Waals surface area contributed by atoms with Gasteiger partial charge in [0.2, 0.25) is 17.8 Å². The molecule has 2 aliphatic heterocycles. The number of fused-ring (bicyclic) bond motifs is 1.